The van der Waals surface area contributed by atoms with Crippen molar-refractivity contribution in [2.24, 2.45) is 5.92 Å². The molecule has 0 saturated carbocycles. The van der Waals surface area contributed by atoms with Gasteiger partial charge in [0.1, 0.15) is 17.0 Å². The quantitative estimate of drug-likeness (QED) is 0.293. The number of nitriles is 1. The number of piperidine rings is 1. The summed E-state index contributed by atoms with van der Waals surface area (Å²) in [6.45, 7) is 2.01. The molecule has 2 aromatic carbocycles. The van der Waals surface area contributed by atoms with E-state index in [1.54, 1.807) is 47.4 Å². The Morgan fingerprint density at radius 2 is 1.97 bits per heavy atom. The minimum Gasteiger partial charge on any atom is -0.483 e. The second-order valence-corrected chi connectivity index (χ2v) is 8.97. The van der Waals surface area contributed by atoms with Crippen molar-refractivity contribution in [3.63, 3.8) is 0 Å². The van der Waals surface area contributed by atoms with Gasteiger partial charge in [-0.2, -0.15) is 10.2 Å². The number of carbonyl (C=O) groups is 2. The summed E-state index contributed by atoms with van der Waals surface area (Å²) in [6.07, 6.45) is 1.61. The highest BCUT2D eigenvalue weighted by atomic mass is 35.5. The van der Waals surface area contributed by atoms with Gasteiger partial charge < -0.3 is 18.8 Å². The van der Waals surface area contributed by atoms with Crippen LogP contribution in [-0.2, 0) is 9.59 Å². The second kappa shape index (κ2) is 11.0. The molecule has 10 heteroatoms. The zero-order chi connectivity index (χ0) is 24.9. The Hall–Kier alpha value is -3.28. The Balaban J connectivity index is 1.38. The van der Waals surface area contributed by atoms with Crippen LogP contribution in [0.25, 0.3) is 11.1 Å². The van der Waals surface area contributed by atoms with E-state index < -0.39 is 23.7 Å². The van der Waals surface area contributed by atoms with Crippen molar-refractivity contribution in [1.82, 2.24) is 9.88 Å². The smallest absolute Gasteiger partial charge is 0.400 e. The van der Waals surface area contributed by atoms with Gasteiger partial charge in [0.2, 0.25) is 5.91 Å². The Morgan fingerprint density at radius 1 is 1.23 bits per heavy atom. The van der Waals surface area contributed by atoms with E-state index in [2.05, 4.69) is 4.98 Å². The van der Waals surface area contributed by atoms with E-state index >= 15 is 0 Å². The number of hydrogen-bond acceptors (Lipinski definition) is 7. The average molecular weight is 516 g/mol. The van der Waals surface area contributed by atoms with Crippen LogP contribution < -0.4 is 9.47 Å². The highest BCUT2D eigenvalue weighted by molar-refractivity contribution is 6.31. The number of halogens is 2. The molecule has 2 heterocycles. The van der Waals surface area contributed by atoms with Crippen LogP contribution in [-0.4, -0.2) is 46.1 Å². The third-order valence-corrected chi connectivity index (χ3v) is 6.41. The fourth-order valence-electron chi connectivity index (χ4n) is 3.96. The molecule has 0 N–H and O–H groups in total. The molecule has 0 bridgehead atoms. The highest BCUT2D eigenvalue weighted by Crippen LogP contribution is 2.29. The summed E-state index contributed by atoms with van der Waals surface area (Å²) in [6, 6.07) is 13.2. The maximum absolute atomic E-state index is 12.9. The molecule has 0 spiro atoms. The molecule has 8 nitrogen and oxygen atoms in total. The van der Waals surface area contributed by atoms with Crippen LogP contribution in [0.1, 0.15) is 26.2 Å². The fraction of sp³-hybridized carbons (Fsp3) is 0.360. The van der Waals surface area contributed by atoms with Gasteiger partial charge in [0.05, 0.1) is 6.07 Å². The molecule has 1 fully saturated rings. The number of Topliss-reactive ketones (excluding diaryl/α,β-unsaturated/α-hetero) is 1. The van der Waals surface area contributed by atoms with Gasteiger partial charge in [-0.25, -0.2) is 0 Å². The van der Waals surface area contributed by atoms with E-state index in [0.717, 1.165) is 19.3 Å². The summed E-state index contributed by atoms with van der Waals surface area (Å²) < 4.78 is 16.9. The number of ketones is 1. The number of likely N-dealkylation sites (tertiary alicyclic amines) is 1. The Labute approximate surface area is 212 Å². The van der Waals surface area contributed by atoms with Crippen LogP contribution in [0.2, 0.25) is 5.02 Å². The first kappa shape index (κ1) is 24.8. The van der Waals surface area contributed by atoms with Crippen LogP contribution in [0.5, 0.6) is 17.6 Å². The molecular weight excluding hydrogens is 493 g/mol. The summed E-state index contributed by atoms with van der Waals surface area (Å²) >= 11 is 12.0. The molecule has 1 aromatic heterocycles. The normalized spacial score (nSPS) is 17.4. The number of benzene rings is 2. The molecule has 35 heavy (non-hydrogen) atoms. The zero-order valence-electron chi connectivity index (χ0n) is 18.9. The Bertz CT molecular complexity index is 1250. The largest absolute Gasteiger partial charge is 0.483 e. The third-order valence-electron chi connectivity index (χ3n) is 5.82. The van der Waals surface area contributed by atoms with Crippen molar-refractivity contribution in [2.45, 2.75) is 38.3 Å². The molecule has 3 atom stereocenters. The van der Waals surface area contributed by atoms with Crippen molar-refractivity contribution in [3.05, 3.63) is 47.5 Å². The van der Waals surface area contributed by atoms with Crippen molar-refractivity contribution < 1.29 is 23.5 Å². The lowest BCUT2D eigenvalue weighted by Gasteiger charge is -2.35. The summed E-state index contributed by atoms with van der Waals surface area (Å²) in [7, 11) is 0. The van der Waals surface area contributed by atoms with Crippen molar-refractivity contribution in [2.75, 3.05) is 12.4 Å². The summed E-state index contributed by atoms with van der Waals surface area (Å²) in [4.78, 5) is 31.6. The maximum Gasteiger partial charge on any atom is 0.400 e. The first-order valence-corrected chi connectivity index (χ1v) is 12.1. The van der Waals surface area contributed by atoms with Gasteiger partial charge in [-0.3, -0.25) is 9.59 Å². The molecule has 1 aliphatic heterocycles. The van der Waals surface area contributed by atoms with E-state index in [9.17, 15) is 14.9 Å². The molecule has 1 aliphatic rings. The number of rotatable bonds is 8. The molecule has 182 valence electrons. The number of hydrogen-bond donors (Lipinski definition) is 0. The summed E-state index contributed by atoms with van der Waals surface area (Å²) in [5, 5.41) is 10.1. The minimum absolute atomic E-state index is 0.0582. The van der Waals surface area contributed by atoms with Gasteiger partial charge in [0, 0.05) is 29.6 Å². The molecule has 1 amide bonds. The molecule has 3 unspecified atom stereocenters. The lowest BCUT2D eigenvalue weighted by Crippen LogP contribution is -2.50. The molecule has 3 aromatic rings. The number of oxazole rings is 1. The summed E-state index contributed by atoms with van der Waals surface area (Å²) in [5.74, 6) is -1.46. The molecule has 0 aliphatic carbocycles. The summed E-state index contributed by atoms with van der Waals surface area (Å²) in [5.41, 5.74) is 1.11. The van der Waals surface area contributed by atoms with E-state index in [0.29, 0.717) is 34.2 Å². The van der Waals surface area contributed by atoms with Crippen LogP contribution in [0.15, 0.2) is 46.9 Å². The van der Waals surface area contributed by atoms with E-state index in [4.69, 9.17) is 37.1 Å². The Morgan fingerprint density at radius 3 is 2.69 bits per heavy atom. The first-order chi connectivity index (χ1) is 16.9. The highest BCUT2D eigenvalue weighted by Gasteiger charge is 2.37. The van der Waals surface area contributed by atoms with Crippen molar-refractivity contribution in [3.8, 4) is 23.6 Å². The van der Waals surface area contributed by atoms with Gasteiger partial charge in [-0.05, 0) is 62.6 Å². The Kier molecular flexibility index (Phi) is 7.79. The van der Waals surface area contributed by atoms with E-state index in [-0.39, 0.29) is 18.0 Å². The van der Waals surface area contributed by atoms with Gasteiger partial charge in [0.25, 0.3) is 0 Å². The van der Waals surface area contributed by atoms with E-state index in [1.165, 1.54) is 6.92 Å². The zero-order valence-corrected chi connectivity index (χ0v) is 20.5. The van der Waals surface area contributed by atoms with E-state index in [1.807, 2.05) is 6.07 Å². The van der Waals surface area contributed by atoms with Crippen LogP contribution in [0, 0.1) is 17.2 Å². The number of fused-ring (bicyclic) bond motifs is 1. The SMILES string of the molecule is CC(Oc1ccc(Oc2nc3ccc(Cl)cc3o2)cc1)C(=O)C(C#N)C(=O)N1CCCCC1CCl. The molecule has 0 radical (unpaired) electrons. The number of nitrogens with zero attached hydrogens (tertiary/aromatic N) is 3. The third kappa shape index (κ3) is 5.69. The first-order valence-electron chi connectivity index (χ1n) is 11.2. The second-order valence-electron chi connectivity index (χ2n) is 8.23. The predicted octanol–water partition coefficient (Wildman–Crippen LogP) is 5.37. The number of carbonyl (C=O) groups excluding carboxylic acids is 2. The average Bonchev–Trinajstić information content (AvgIpc) is 3.26. The van der Waals surface area contributed by atoms with Crippen molar-refractivity contribution >= 4 is 46.0 Å². The molecule has 4 rings (SSSR count). The number of ether oxygens (including phenoxy) is 2. The van der Waals surface area contributed by atoms with Gasteiger partial charge in [0.15, 0.2) is 23.4 Å². The molecular formula is C25H23Cl2N3O5. The predicted molar refractivity (Wildman–Crippen MR) is 130 cm³/mol. The van der Waals surface area contributed by atoms with Crippen LogP contribution >= 0.6 is 23.2 Å². The molecule has 1 saturated heterocycles. The van der Waals surface area contributed by atoms with Gasteiger partial charge >= 0.3 is 6.08 Å². The number of aromatic nitrogens is 1. The van der Waals surface area contributed by atoms with Gasteiger partial charge in [-0.1, -0.05) is 11.6 Å². The minimum atomic E-state index is -1.44. The fourth-order valence-corrected chi connectivity index (χ4v) is 4.45. The number of alkyl halides is 1. The lowest BCUT2D eigenvalue weighted by molar-refractivity contribution is -0.143. The maximum atomic E-state index is 12.9. The number of amides is 1. The van der Waals surface area contributed by atoms with Gasteiger partial charge in [-0.15, -0.1) is 11.6 Å². The standard InChI is InChI=1S/C25H23Cl2N3O5/c1-15(23(31)20(14-28)24(32)30-11-3-2-4-17(30)13-26)33-18-6-8-19(9-7-18)34-25-29-21-10-5-16(27)12-22(21)35-25/h5-10,12,15,17,20H,2-4,11,13H2,1H3. The van der Waals surface area contributed by atoms with Crippen LogP contribution in [0.4, 0.5) is 0 Å². The van der Waals surface area contributed by atoms with Crippen molar-refractivity contribution in [1.29, 1.82) is 5.26 Å². The lowest BCUT2D eigenvalue weighted by atomic mass is 9.96. The monoisotopic (exact) mass is 515 g/mol. The topological polar surface area (TPSA) is 106 Å². The van der Waals surface area contributed by atoms with Crippen LogP contribution in [0.3, 0.4) is 0 Å².